The lowest BCUT2D eigenvalue weighted by atomic mass is 10.1. The van der Waals surface area contributed by atoms with E-state index in [0.717, 1.165) is 0 Å². The number of hydrogen-bond donors (Lipinski definition) is 1. The molecule has 1 atom stereocenters. The third-order valence-electron chi connectivity index (χ3n) is 1.33. The molecule has 1 N–H and O–H groups in total. The Kier molecular flexibility index (Phi) is 2.74. The predicted molar refractivity (Wildman–Crippen MR) is 43.1 cm³/mol. The van der Waals surface area contributed by atoms with Crippen molar-refractivity contribution in [1.82, 2.24) is 4.98 Å². The van der Waals surface area contributed by atoms with Gasteiger partial charge in [0.25, 0.3) is 0 Å². The van der Waals surface area contributed by atoms with Gasteiger partial charge in [-0.15, -0.1) is 0 Å². The Balaban J connectivity index is 2.86. The molecule has 0 aromatic carbocycles. The molecule has 0 aliphatic carbocycles. The second-order valence-corrected chi connectivity index (χ2v) is 3.28. The van der Waals surface area contributed by atoms with Crippen LogP contribution in [0.1, 0.15) is 11.7 Å². The zero-order chi connectivity index (χ0) is 9.19. The molecular formula is C7H6BrF2NO. The van der Waals surface area contributed by atoms with Gasteiger partial charge in [-0.2, -0.15) is 8.78 Å². The number of rotatable bonds is 2. The normalized spacial score (nSPS) is 14.3. The first-order valence-corrected chi connectivity index (χ1v) is 3.96. The summed E-state index contributed by atoms with van der Waals surface area (Å²) < 4.78 is 24.9. The summed E-state index contributed by atoms with van der Waals surface area (Å²) in [4.78, 5) is 0.341. The van der Waals surface area contributed by atoms with E-state index in [1.807, 2.05) is 0 Å². The molecule has 0 aliphatic rings. The maximum atomic E-state index is 12.4. The summed E-state index contributed by atoms with van der Waals surface area (Å²) >= 11 is 2.08. The summed E-state index contributed by atoms with van der Waals surface area (Å²) in [5.41, 5.74) is 0.131. The first-order chi connectivity index (χ1) is 5.52. The van der Waals surface area contributed by atoms with E-state index in [4.69, 9.17) is 5.11 Å². The monoisotopic (exact) mass is 237 g/mol. The maximum Gasteiger partial charge on any atom is 0.330 e. The molecule has 0 radical (unpaired) electrons. The van der Waals surface area contributed by atoms with Crippen LogP contribution in [0.2, 0.25) is 0 Å². The molecule has 0 amide bonds. The van der Waals surface area contributed by atoms with Gasteiger partial charge in [0.2, 0.25) is 0 Å². The summed E-state index contributed by atoms with van der Waals surface area (Å²) in [6.07, 6.45) is 0.856. The standard InChI is InChI=1S/C7H6BrF2NO/c8-7(9,10)6(12)5-1-3-11-4-2-5/h1-4,6,12H. The first-order valence-electron chi connectivity index (χ1n) is 3.16. The minimum atomic E-state index is -3.30. The van der Waals surface area contributed by atoms with Gasteiger partial charge in [0.1, 0.15) is 0 Å². The van der Waals surface area contributed by atoms with Crippen LogP contribution in [-0.4, -0.2) is 14.9 Å². The molecule has 1 aromatic heterocycles. The highest BCUT2D eigenvalue weighted by atomic mass is 79.9. The van der Waals surface area contributed by atoms with E-state index in [2.05, 4.69) is 20.9 Å². The van der Waals surface area contributed by atoms with Gasteiger partial charge in [-0.1, -0.05) is 0 Å². The van der Waals surface area contributed by atoms with Crippen molar-refractivity contribution < 1.29 is 13.9 Å². The molecule has 0 saturated carbocycles. The van der Waals surface area contributed by atoms with Gasteiger partial charge in [-0.05, 0) is 33.6 Å². The van der Waals surface area contributed by atoms with Crippen LogP contribution >= 0.6 is 15.9 Å². The fourth-order valence-electron chi connectivity index (χ4n) is 0.735. The summed E-state index contributed by atoms with van der Waals surface area (Å²) in [6, 6.07) is 2.67. The van der Waals surface area contributed by atoms with Crippen molar-refractivity contribution in [2.45, 2.75) is 10.9 Å². The van der Waals surface area contributed by atoms with Gasteiger partial charge in [-0.3, -0.25) is 4.98 Å². The topological polar surface area (TPSA) is 33.1 Å². The molecular weight excluding hydrogens is 232 g/mol. The Labute approximate surface area is 76.4 Å². The fourth-order valence-corrected chi connectivity index (χ4v) is 0.999. The van der Waals surface area contributed by atoms with Crippen LogP contribution in [-0.2, 0) is 0 Å². The number of pyridine rings is 1. The van der Waals surface area contributed by atoms with Crippen LogP contribution in [0.15, 0.2) is 24.5 Å². The lowest BCUT2D eigenvalue weighted by molar-refractivity contribution is -0.0294. The van der Waals surface area contributed by atoms with Crippen LogP contribution < -0.4 is 0 Å². The average molecular weight is 238 g/mol. The lowest BCUT2D eigenvalue weighted by Gasteiger charge is -2.15. The van der Waals surface area contributed by atoms with E-state index in [-0.39, 0.29) is 5.56 Å². The minimum absolute atomic E-state index is 0.131. The second kappa shape index (κ2) is 3.45. The van der Waals surface area contributed by atoms with Crippen molar-refractivity contribution in [1.29, 1.82) is 0 Å². The molecule has 66 valence electrons. The summed E-state index contributed by atoms with van der Waals surface area (Å²) in [5.74, 6) is 0. The predicted octanol–water partition coefficient (Wildman–Crippen LogP) is 2.10. The highest BCUT2D eigenvalue weighted by Gasteiger charge is 2.35. The van der Waals surface area contributed by atoms with Gasteiger partial charge < -0.3 is 5.11 Å². The number of hydrogen-bond acceptors (Lipinski definition) is 2. The van der Waals surface area contributed by atoms with Gasteiger partial charge in [-0.25, -0.2) is 0 Å². The Bertz CT molecular complexity index is 249. The van der Waals surface area contributed by atoms with E-state index in [1.165, 1.54) is 24.5 Å². The zero-order valence-corrected chi connectivity index (χ0v) is 7.50. The Morgan fingerprint density at radius 3 is 2.33 bits per heavy atom. The van der Waals surface area contributed by atoms with Crippen LogP contribution in [0.5, 0.6) is 0 Å². The van der Waals surface area contributed by atoms with E-state index >= 15 is 0 Å². The molecule has 0 fully saturated rings. The molecule has 5 heteroatoms. The number of aliphatic hydroxyl groups excluding tert-OH is 1. The van der Waals surface area contributed by atoms with Crippen molar-refractivity contribution in [3.63, 3.8) is 0 Å². The van der Waals surface area contributed by atoms with E-state index in [9.17, 15) is 8.78 Å². The molecule has 0 aliphatic heterocycles. The molecule has 1 heterocycles. The van der Waals surface area contributed by atoms with Crippen molar-refractivity contribution in [3.05, 3.63) is 30.1 Å². The number of halogens is 3. The van der Waals surface area contributed by atoms with E-state index in [0.29, 0.717) is 0 Å². The largest absolute Gasteiger partial charge is 0.381 e. The lowest BCUT2D eigenvalue weighted by Crippen LogP contribution is -2.18. The smallest absolute Gasteiger partial charge is 0.330 e. The number of alkyl halides is 3. The van der Waals surface area contributed by atoms with Gasteiger partial charge in [0, 0.05) is 12.4 Å². The Morgan fingerprint density at radius 2 is 1.92 bits per heavy atom. The third kappa shape index (κ3) is 2.22. The van der Waals surface area contributed by atoms with Gasteiger partial charge in [0.05, 0.1) is 0 Å². The van der Waals surface area contributed by atoms with Crippen molar-refractivity contribution in [3.8, 4) is 0 Å². The minimum Gasteiger partial charge on any atom is -0.381 e. The Morgan fingerprint density at radius 1 is 1.42 bits per heavy atom. The molecule has 0 spiro atoms. The summed E-state index contributed by atoms with van der Waals surface area (Å²) in [5, 5.41) is 9.03. The van der Waals surface area contributed by atoms with Gasteiger partial charge >= 0.3 is 4.83 Å². The van der Waals surface area contributed by atoms with Crippen molar-refractivity contribution >= 4 is 15.9 Å². The van der Waals surface area contributed by atoms with Gasteiger partial charge in [0.15, 0.2) is 6.10 Å². The van der Waals surface area contributed by atoms with E-state index < -0.39 is 10.9 Å². The summed E-state index contributed by atoms with van der Waals surface area (Å²) in [7, 11) is 0. The highest BCUT2D eigenvalue weighted by Crippen LogP contribution is 2.35. The fraction of sp³-hybridized carbons (Fsp3) is 0.286. The van der Waals surface area contributed by atoms with Crippen LogP contribution in [0.4, 0.5) is 8.78 Å². The SMILES string of the molecule is OC(c1ccncc1)C(F)(F)Br. The third-order valence-corrected chi connectivity index (χ3v) is 1.77. The van der Waals surface area contributed by atoms with E-state index in [1.54, 1.807) is 0 Å². The van der Waals surface area contributed by atoms with Crippen molar-refractivity contribution in [2.24, 2.45) is 0 Å². The Hall–Kier alpha value is -0.550. The molecule has 12 heavy (non-hydrogen) atoms. The molecule has 1 rings (SSSR count). The molecule has 0 bridgehead atoms. The second-order valence-electron chi connectivity index (χ2n) is 2.22. The molecule has 1 aromatic rings. The number of aliphatic hydroxyl groups is 1. The molecule has 1 unspecified atom stereocenters. The summed E-state index contributed by atoms with van der Waals surface area (Å²) in [6.45, 7) is 0. The maximum absolute atomic E-state index is 12.4. The van der Waals surface area contributed by atoms with Crippen LogP contribution in [0.3, 0.4) is 0 Å². The molecule has 0 saturated heterocycles. The quantitative estimate of drug-likeness (QED) is 0.800. The first kappa shape index (κ1) is 9.54. The highest BCUT2D eigenvalue weighted by molar-refractivity contribution is 9.10. The number of aromatic nitrogens is 1. The zero-order valence-electron chi connectivity index (χ0n) is 5.92. The molecule has 2 nitrogen and oxygen atoms in total. The number of nitrogens with zero attached hydrogens (tertiary/aromatic N) is 1. The average Bonchev–Trinajstić information content (AvgIpc) is 2.03. The van der Waals surface area contributed by atoms with Crippen LogP contribution in [0, 0.1) is 0 Å². The van der Waals surface area contributed by atoms with Crippen LogP contribution in [0.25, 0.3) is 0 Å². The van der Waals surface area contributed by atoms with Crippen molar-refractivity contribution in [2.75, 3.05) is 0 Å².